The summed E-state index contributed by atoms with van der Waals surface area (Å²) in [5.74, 6) is -0.302. The Kier molecular flexibility index (Phi) is 5.78. The van der Waals surface area contributed by atoms with E-state index in [0.29, 0.717) is 6.54 Å². The molecule has 4 N–H and O–H groups in total. The molecule has 0 aromatic heterocycles. The molecule has 0 saturated heterocycles. The summed E-state index contributed by atoms with van der Waals surface area (Å²) in [5, 5.41) is 13.0. The predicted octanol–water partition coefficient (Wildman–Crippen LogP) is 1.58. The van der Waals surface area contributed by atoms with Crippen LogP contribution < -0.4 is 11.1 Å². The third-order valence-corrected chi connectivity index (χ3v) is 3.23. The summed E-state index contributed by atoms with van der Waals surface area (Å²) in [6.07, 6.45) is -0.664. The smallest absolute Gasteiger partial charge is 0.234 e. The van der Waals surface area contributed by atoms with E-state index < -0.39 is 18.1 Å². The van der Waals surface area contributed by atoms with Crippen molar-refractivity contribution in [3.63, 3.8) is 0 Å². The third-order valence-electron chi connectivity index (χ3n) is 2.74. The van der Waals surface area contributed by atoms with Gasteiger partial charge in [0.05, 0.1) is 12.1 Å². The maximum absolute atomic E-state index is 11.2. The monoisotopic (exact) mass is 314 g/mol. The Morgan fingerprint density at radius 3 is 2.67 bits per heavy atom. The Morgan fingerprint density at radius 1 is 1.50 bits per heavy atom. The fourth-order valence-corrected chi connectivity index (χ4v) is 2.15. The zero-order valence-electron chi connectivity index (χ0n) is 10.6. The molecular weight excluding hydrogens is 296 g/mol. The van der Waals surface area contributed by atoms with Crippen molar-refractivity contribution in [1.29, 1.82) is 0 Å². The van der Waals surface area contributed by atoms with Crippen LogP contribution in [0.5, 0.6) is 0 Å². The van der Waals surface area contributed by atoms with Crippen LogP contribution in [0, 0.1) is 5.92 Å². The maximum Gasteiger partial charge on any atom is 0.234 e. The van der Waals surface area contributed by atoms with Gasteiger partial charge in [-0.05, 0) is 23.6 Å². The van der Waals surface area contributed by atoms with Crippen molar-refractivity contribution < 1.29 is 9.90 Å². The van der Waals surface area contributed by atoms with E-state index in [-0.39, 0.29) is 5.92 Å². The molecule has 1 amide bonds. The topological polar surface area (TPSA) is 75.3 Å². The molecule has 18 heavy (non-hydrogen) atoms. The van der Waals surface area contributed by atoms with Gasteiger partial charge in [-0.3, -0.25) is 4.79 Å². The van der Waals surface area contributed by atoms with Crippen molar-refractivity contribution in [1.82, 2.24) is 5.32 Å². The van der Waals surface area contributed by atoms with Gasteiger partial charge < -0.3 is 16.2 Å². The quantitative estimate of drug-likeness (QED) is 0.746. The molecule has 1 aromatic rings. The van der Waals surface area contributed by atoms with Crippen molar-refractivity contribution in [2.45, 2.75) is 26.0 Å². The van der Waals surface area contributed by atoms with Crippen molar-refractivity contribution in [2.75, 3.05) is 6.54 Å². The van der Waals surface area contributed by atoms with E-state index >= 15 is 0 Å². The molecule has 0 aliphatic carbocycles. The summed E-state index contributed by atoms with van der Waals surface area (Å²) < 4.78 is 0.911. The number of halogens is 1. The van der Waals surface area contributed by atoms with Crippen LogP contribution in [-0.2, 0) is 4.79 Å². The molecule has 1 rings (SSSR count). The fourth-order valence-electron chi connectivity index (χ4n) is 1.74. The molecule has 100 valence electrons. The first-order chi connectivity index (χ1) is 8.41. The highest BCUT2D eigenvalue weighted by molar-refractivity contribution is 9.10. The Balaban J connectivity index is 2.60. The van der Waals surface area contributed by atoms with Gasteiger partial charge in [0, 0.05) is 11.0 Å². The van der Waals surface area contributed by atoms with Crippen LogP contribution in [0.15, 0.2) is 28.7 Å². The number of carbonyl (C=O) groups is 1. The number of benzene rings is 1. The summed E-state index contributed by atoms with van der Waals surface area (Å²) in [7, 11) is 0. The minimum absolute atomic E-state index is 0.0946. The number of aliphatic hydroxyl groups is 1. The zero-order chi connectivity index (χ0) is 13.7. The molecule has 0 aliphatic rings. The Labute approximate surface area is 116 Å². The van der Waals surface area contributed by atoms with Gasteiger partial charge in [-0.1, -0.05) is 41.9 Å². The zero-order valence-corrected chi connectivity index (χ0v) is 12.1. The van der Waals surface area contributed by atoms with Crippen LogP contribution in [0.1, 0.15) is 25.5 Å². The van der Waals surface area contributed by atoms with Gasteiger partial charge in [0.25, 0.3) is 0 Å². The molecule has 0 bridgehead atoms. The SMILES string of the molecule is CC(C)C(NCC(O)c1cccc(Br)c1)C(N)=O. The lowest BCUT2D eigenvalue weighted by Gasteiger charge is -2.21. The normalized spacial score (nSPS) is 14.5. The largest absolute Gasteiger partial charge is 0.387 e. The van der Waals surface area contributed by atoms with E-state index in [9.17, 15) is 9.90 Å². The Morgan fingerprint density at radius 2 is 2.17 bits per heavy atom. The minimum Gasteiger partial charge on any atom is -0.387 e. The molecule has 5 heteroatoms. The molecule has 2 atom stereocenters. The Hall–Kier alpha value is -0.910. The molecule has 4 nitrogen and oxygen atoms in total. The lowest BCUT2D eigenvalue weighted by molar-refractivity contribution is -0.121. The second-order valence-corrected chi connectivity index (χ2v) is 5.52. The number of carbonyl (C=O) groups excluding carboxylic acids is 1. The van der Waals surface area contributed by atoms with E-state index in [2.05, 4.69) is 21.2 Å². The number of primary amides is 1. The van der Waals surface area contributed by atoms with E-state index in [1.165, 1.54) is 0 Å². The number of hydrogen-bond donors (Lipinski definition) is 3. The Bertz CT molecular complexity index is 410. The average molecular weight is 315 g/mol. The van der Waals surface area contributed by atoms with Gasteiger partial charge in [0.15, 0.2) is 0 Å². The van der Waals surface area contributed by atoms with Crippen LogP contribution >= 0.6 is 15.9 Å². The molecule has 0 radical (unpaired) electrons. The van der Waals surface area contributed by atoms with Crippen LogP contribution in [-0.4, -0.2) is 23.6 Å². The first kappa shape index (κ1) is 15.1. The minimum atomic E-state index is -0.664. The standard InChI is InChI=1S/C13H19BrN2O2/c1-8(2)12(13(15)18)16-7-11(17)9-4-3-5-10(14)6-9/h3-6,8,11-12,16-17H,7H2,1-2H3,(H2,15,18). The highest BCUT2D eigenvalue weighted by Crippen LogP contribution is 2.17. The lowest BCUT2D eigenvalue weighted by Crippen LogP contribution is -2.46. The van der Waals surface area contributed by atoms with Crippen molar-refractivity contribution >= 4 is 21.8 Å². The predicted molar refractivity (Wildman–Crippen MR) is 74.9 cm³/mol. The molecule has 0 fully saturated rings. The van der Waals surface area contributed by atoms with E-state index in [4.69, 9.17) is 5.73 Å². The number of rotatable bonds is 6. The summed E-state index contributed by atoms with van der Waals surface area (Å²) >= 11 is 3.35. The number of hydrogen-bond acceptors (Lipinski definition) is 3. The molecule has 0 saturated carbocycles. The third kappa shape index (κ3) is 4.40. The highest BCUT2D eigenvalue weighted by Gasteiger charge is 2.20. The molecule has 2 unspecified atom stereocenters. The average Bonchev–Trinajstić information content (AvgIpc) is 2.28. The number of amides is 1. The van der Waals surface area contributed by atoms with E-state index in [0.717, 1.165) is 10.0 Å². The van der Waals surface area contributed by atoms with Crippen LogP contribution in [0.2, 0.25) is 0 Å². The molecule has 1 aromatic carbocycles. The number of aliphatic hydroxyl groups excluding tert-OH is 1. The number of nitrogens with two attached hydrogens (primary N) is 1. The summed E-state index contributed by atoms with van der Waals surface area (Å²) in [6, 6.07) is 7.01. The van der Waals surface area contributed by atoms with Crippen molar-refractivity contribution in [2.24, 2.45) is 11.7 Å². The van der Waals surface area contributed by atoms with Crippen molar-refractivity contribution in [3.05, 3.63) is 34.3 Å². The van der Waals surface area contributed by atoms with E-state index in [1.807, 2.05) is 38.1 Å². The van der Waals surface area contributed by atoms with Crippen LogP contribution in [0.25, 0.3) is 0 Å². The van der Waals surface area contributed by atoms with E-state index in [1.54, 1.807) is 0 Å². The second kappa shape index (κ2) is 6.87. The van der Waals surface area contributed by atoms with Gasteiger partial charge in [-0.25, -0.2) is 0 Å². The van der Waals surface area contributed by atoms with Gasteiger partial charge in [-0.15, -0.1) is 0 Å². The van der Waals surface area contributed by atoms with Crippen LogP contribution in [0.4, 0.5) is 0 Å². The summed E-state index contributed by atoms with van der Waals surface area (Å²) in [6.45, 7) is 4.12. The van der Waals surface area contributed by atoms with Crippen LogP contribution in [0.3, 0.4) is 0 Å². The maximum atomic E-state index is 11.2. The first-order valence-electron chi connectivity index (χ1n) is 5.88. The fraction of sp³-hybridized carbons (Fsp3) is 0.462. The second-order valence-electron chi connectivity index (χ2n) is 4.60. The van der Waals surface area contributed by atoms with Gasteiger partial charge >= 0.3 is 0 Å². The van der Waals surface area contributed by atoms with Gasteiger partial charge in [0.1, 0.15) is 0 Å². The van der Waals surface area contributed by atoms with Crippen molar-refractivity contribution in [3.8, 4) is 0 Å². The highest BCUT2D eigenvalue weighted by atomic mass is 79.9. The van der Waals surface area contributed by atoms with Gasteiger partial charge in [0.2, 0.25) is 5.91 Å². The lowest BCUT2D eigenvalue weighted by atomic mass is 10.0. The molecule has 0 spiro atoms. The molecule has 0 heterocycles. The molecular formula is C13H19BrN2O2. The summed E-state index contributed by atoms with van der Waals surface area (Å²) in [4.78, 5) is 11.2. The molecule has 0 aliphatic heterocycles. The summed E-state index contributed by atoms with van der Waals surface area (Å²) in [5.41, 5.74) is 6.09. The number of nitrogens with one attached hydrogen (secondary N) is 1. The first-order valence-corrected chi connectivity index (χ1v) is 6.67. The van der Waals surface area contributed by atoms with Gasteiger partial charge in [-0.2, -0.15) is 0 Å².